The Morgan fingerprint density at radius 1 is 1.08 bits per heavy atom. The number of nitrogens with zero attached hydrogens (tertiary/aromatic N) is 6. The van der Waals surface area contributed by atoms with Gasteiger partial charge in [0.15, 0.2) is 0 Å². The van der Waals surface area contributed by atoms with Gasteiger partial charge in [0.2, 0.25) is 0 Å². The minimum atomic E-state index is -0.425. The van der Waals surface area contributed by atoms with Crippen LogP contribution < -0.4 is 10.2 Å². The second kappa shape index (κ2) is 9.27. The van der Waals surface area contributed by atoms with Crippen LogP contribution in [0.15, 0.2) is 48.8 Å². The largest absolute Gasteiger partial charge is 0.395 e. The fourth-order valence-electron chi connectivity index (χ4n) is 4.57. The SMILES string of the molecule is Cc1ncn(-c2ccc(Cc3nc(NCCO)c4c(n3)N(c3ccc(F)cc3)CC4(C)C)cc2F)n1. The van der Waals surface area contributed by atoms with Gasteiger partial charge in [0.1, 0.15) is 46.9 Å². The zero-order valence-electron chi connectivity index (χ0n) is 20.3. The molecule has 36 heavy (non-hydrogen) atoms. The summed E-state index contributed by atoms with van der Waals surface area (Å²) in [6, 6.07) is 11.2. The molecule has 0 fully saturated rings. The molecule has 5 rings (SSSR count). The van der Waals surface area contributed by atoms with Crippen molar-refractivity contribution in [1.82, 2.24) is 24.7 Å². The molecule has 8 nitrogen and oxygen atoms in total. The van der Waals surface area contributed by atoms with Crippen LogP contribution in [-0.2, 0) is 11.8 Å². The van der Waals surface area contributed by atoms with E-state index in [9.17, 15) is 13.9 Å². The van der Waals surface area contributed by atoms with Crippen LogP contribution in [0.1, 0.15) is 36.6 Å². The number of nitrogens with one attached hydrogen (secondary N) is 1. The first-order valence-electron chi connectivity index (χ1n) is 11.7. The normalized spacial score (nSPS) is 14.2. The lowest BCUT2D eigenvalue weighted by atomic mass is 9.88. The van der Waals surface area contributed by atoms with Gasteiger partial charge in [-0.1, -0.05) is 19.9 Å². The number of hydrogen-bond acceptors (Lipinski definition) is 7. The maximum absolute atomic E-state index is 14.9. The summed E-state index contributed by atoms with van der Waals surface area (Å²) in [4.78, 5) is 15.7. The standard InChI is InChI=1S/C26H27F2N7O/c1-16-30-15-35(33-16)21-9-4-17(12-20(21)28)13-22-31-24(29-10-11-36)23-25(32-22)34(14-26(23,2)3)19-7-5-18(27)6-8-19/h4-9,12,15,36H,10-11,13-14H2,1-3H3,(H,29,31,32). The summed E-state index contributed by atoms with van der Waals surface area (Å²) in [5, 5.41) is 16.8. The topological polar surface area (TPSA) is 92.0 Å². The van der Waals surface area contributed by atoms with Gasteiger partial charge in [-0.25, -0.2) is 28.4 Å². The lowest BCUT2D eigenvalue weighted by Gasteiger charge is -2.22. The average Bonchev–Trinajstić information content (AvgIpc) is 3.38. The number of rotatable bonds is 7. The molecule has 0 unspecified atom stereocenters. The van der Waals surface area contributed by atoms with Crippen molar-refractivity contribution in [1.29, 1.82) is 0 Å². The van der Waals surface area contributed by atoms with E-state index < -0.39 is 5.82 Å². The van der Waals surface area contributed by atoms with Crippen LogP contribution in [0.3, 0.4) is 0 Å². The Bertz CT molecular complexity index is 1400. The highest BCUT2D eigenvalue weighted by Gasteiger charge is 2.40. The summed E-state index contributed by atoms with van der Waals surface area (Å²) in [5.41, 5.74) is 2.45. The number of benzene rings is 2. The molecule has 0 radical (unpaired) electrons. The Morgan fingerprint density at radius 3 is 2.53 bits per heavy atom. The van der Waals surface area contributed by atoms with E-state index in [1.165, 1.54) is 29.2 Å². The van der Waals surface area contributed by atoms with E-state index >= 15 is 0 Å². The van der Waals surface area contributed by atoms with Gasteiger partial charge in [-0.15, -0.1) is 0 Å². The number of aliphatic hydroxyl groups is 1. The molecular weight excluding hydrogens is 464 g/mol. The lowest BCUT2D eigenvalue weighted by molar-refractivity contribution is 0.311. The molecular formula is C26H27F2N7O. The molecule has 4 aromatic rings. The molecule has 0 spiro atoms. The second-order valence-electron chi connectivity index (χ2n) is 9.48. The first-order chi connectivity index (χ1) is 17.2. The third-order valence-corrected chi connectivity index (χ3v) is 6.19. The van der Waals surface area contributed by atoms with Gasteiger partial charge in [0.25, 0.3) is 0 Å². The third-order valence-electron chi connectivity index (χ3n) is 6.19. The van der Waals surface area contributed by atoms with Crippen LogP contribution in [0.25, 0.3) is 5.69 Å². The smallest absolute Gasteiger partial charge is 0.149 e. The van der Waals surface area contributed by atoms with Crippen molar-refractivity contribution in [3.05, 3.63) is 83.2 Å². The van der Waals surface area contributed by atoms with Gasteiger partial charge < -0.3 is 15.3 Å². The molecule has 0 atom stereocenters. The number of aliphatic hydroxyl groups excluding tert-OH is 1. The number of fused-ring (bicyclic) bond motifs is 1. The highest BCUT2D eigenvalue weighted by molar-refractivity contribution is 5.74. The van der Waals surface area contributed by atoms with E-state index in [-0.39, 0.29) is 17.8 Å². The summed E-state index contributed by atoms with van der Waals surface area (Å²) in [5.74, 6) is 1.68. The highest BCUT2D eigenvalue weighted by Crippen LogP contribution is 2.46. The summed E-state index contributed by atoms with van der Waals surface area (Å²) in [6.07, 6.45) is 1.77. The van der Waals surface area contributed by atoms with Gasteiger partial charge in [0, 0.05) is 36.2 Å². The minimum Gasteiger partial charge on any atom is -0.395 e. The summed E-state index contributed by atoms with van der Waals surface area (Å²) < 4.78 is 29.9. The quantitative estimate of drug-likeness (QED) is 0.403. The maximum Gasteiger partial charge on any atom is 0.149 e. The minimum absolute atomic E-state index is 0.0509. The first-order valence-corrected chi connectivity index (χ1v) is 11.7. The van der Waals surface area contributed by atoms with Gasteiger partial charge in [0.05, 0.1) is 6.61 Å². The van der Waals surface area contributed by atoms with Crippen molar-refractivity contribution in [3.8, 4) is 5.69 Å². The molecule has 186 valence electrons. The Morgan fingerprint density at radius 2 is 1.86 bits per heavy atom. The Balaban J connectivity index is 1.53. The van der Waals surface area contributed by atoms with Crippen LogP contribution in [0, 0.1) is 18.6 Å². The Kier molecular flexibility index (Phi) is 6.13. The van der Waals surface area contributed by atoms with Crippen molar-refractivity contribution < 1.29 is 13.9 Å². The monoisotopic (exact) mass is 491 g/mol. The molecule has 2 N–H and O–H groups in total. The van der Waals surface area contributed by atoms with Crippen LogP contribution >= 0.6 is 0 Å². The fraction of sp³-hybridized carbons (Fsp3) is 0.308. The number of aryl methyl sites for hydroxylation is 1. The van der Waals surface area contributed by atoms with Crippen LogP contribution in [0.4, 0.5) is 26.1 Å². The summed E-state index contributed by atoms with van der Waals surface area (Å²) >= 11 is 0. The van der Waals surface area contributed by atoms with Crippen molar-refractivity contribution in [2.45, 2.75) is 32.6 Å². The molecule has 3 heterocycles. The Hall–Kier alpha value is -3.92. The molecule has 10 heteroatoms. The Labute approximate surface area is 207 Å². The van der Waals surface area contributed by atoms with Gasteiger partial charge in [-0.05, 0) is 48.9 Å². The molecule has 0 saturated heterocycles. The average molecular weight is 492 g/mol. The molecule has 0 bridgehead atoms. The molecule has 1 aliphatic heterocycles. The summed E-state index contributed by atoms with van der Waals surface area (Å²) in [6.45, 7) is 6.85. The van der Waals surface area contributed by atoms with E-state index in [2.05, 4.69) is 29.2 Å². The fourth-order valence-corrected chi connectivity index (χ4v) is 4.57. The third kappa shape index (κ3) is 4.51. The van der Waals surface area contributed by atoms with Crippen LogP contribution in [0.2, 0.25) is 0 Å². The maximum atomic E-state index is 14.9. The predicted molar refractivity (Wildman–Crippen MR) is 133 cm³/mol. The number of aromatic nitrogens is 5. The number of anilines is 3. The lowest BCUT2D eigenvalue weighted by Crippen LogP contribution is -2.25. The second-order valence-corrected chi connectivity index (χ2v) is 9.48. The van der Waals surface area contributed by atoms with Crippen LogP contribution in [0.5, 0.6) is 0 Å². The number of hydrogen-bond donors (Lipinski definition) is 2. The molecule has 0 saturated carbocycles. The van der Waals surface area contributed by atoms with Crippen molar-refractivity contribution in [2.75, 3.05) is 29.9 Å². The van der Waals surface area contributed by atoms with E-state index in [0.29, 0.717) is 54.0 Å². The van der Waals surface area contributed by atoms with Crippen molar-refractivity contribution >= 4 is 17.3 Å². The zero-order valence-corrected chi connectivity index (χ0v) is 20.3. The molecule has 0 amide bonds. The predicted octanol–water partition coefficient (Wildman–Crippen LogP) is 4.07. The molecule has 2 aromatic carbocycles. The highest BCUT2D eigenvalue weighted by atomic mass is 19.1. The van der Waals surface area contributed by atoms with E-state index in [0.717, 1.165) is 11.3 Å². The van der Waals surface area contributed by atoms with Gasteiger partial charge >= 0.3 is 0 Å². The molecule has 0 aliphatic carbocycles. The van der Waals surface area contributed by atoms with Crippen LogP contribution in [-0.4, -0.2) is 49.5 Å². The van der Waals surface area contributed by atoms with Crippen molar-refractivity contribution in [3.63, 3.8) is 0 Å². The molecule has 1 aliphatic rings. The van der Waals surface area contributed by atoms with Gasteiger partial charge in [-0.3, -0.25) is 0 Å². The zero-order chi connectivity index (χ0) is 25.4. The molecule has 2 aromatic heterocycles. The van der Waals surface area contributed by atoms with E-state index in [1.807, 2.05) is 11.0 Å². The van der Waals surface area contributed by atoms with Gasteiger partial charge in [-0.2, -0.15) is 5.10 Å². The summed E-state index contributed by atoms with van der Waals surface area (Å²) in [7, 11) is 0. The van der Waals surface area contributed by atoms with E-state index in [1.54, 1.807) is 25.1 Å². The first kappa shape index (κ1) is 23.8. The van der Waals surface area contributed by atoms with E-state index in [4.69, 9.17) is 9.97 Å². The number of halogens is 2. The van der Waals surface area contributed by atoms with Crippen molar-refractivity contribution in [2.24, 2.45) is 0 Å².